The Hall–Kier alpha value is -0.660. The predicted octanol–water partition coefficient (Wildman–Crippen LogP) is 2.11. The monoisotopic (exact) mass is 346 g/mol. The number of piperidine rings is 1. The van der Waals surface area contributed by atoms with E-state index in [9.17, 15) is 13.5 Å². The Morgan fingerprint density at radius 2 is 1.86 bits per heavy atom. The Labute approximate surface area is 137 Å². The summed E-state index contributed by atoms with van der Waals surface area (Å²) in [6.07, 6.45) is 1.02. The van der Waals surface area contributed by atoms with E-state index in [1.54, 1.807) is 26.1 Å². The van der Waals surface area contributed by atoms with Crippen LogP contribution in [0.3, 0.4) is 0 Å². The molecular formula is C15H23ClN2O3S. The molecule has 22 heavy (non-hydrogen) atoms. The van der Waals surface area contributed by atoms with Gasteiger partial charge in [-0.15, -0.1) is 0 Å². The number of aliphatic hydroxyl groups is 1. The zero-order chi connectivity index (χ0) is 16.3. The Morgan fingerprint density at radius 1 is 1.32 bits per heavy atom. The predicted molar refractivity (Wildman–Crippen MR) is 87.8 cm³/mol. The Balaban J connectivity index is 1.99. The third-order valence-corrected chi connectivity index (χ3v) is 6.41. The lowest BCUT2D eigenvalue weighted by molar-refractivity contribution is 0.0899. The molecular weight excluding hydrogens is 324 g/mol. The number of hydrogen-bond donors (Lipinski definition) is 1. The Bertz CT molecular complexity index is 581. The van der Waals surface area contributed by atoms with Gasteiger partial charge in [0.2, 0.25) is 0 Å². The summed E-state index contributed by atoms with van der Waals surface area (Å²) in [6, 6.07) is 7.17. The number of halogens is 1. The van der Waals surface area contributed by atoms with E-state index in [4.69, 9.17) is 11.6 Å². The summed E-state index contributed by atoms with van der Waals surface area (Å²) in [5.41, 5.74) is 0.898. The summed E-state index contributed by atoms with van der Waals surface area (Å²) in [6.45, 7) is 3.00. The second kappa shape index (κ2) is 7.27. The summed E-state index contributed by atoms with van der Waals surface area (Å²) in [5.74, 6) is 0.188. The lowest BCUT2D eigenvalue weighted by Crippen LogP contribution is -2.46. The van der Waals surface area contributed by atoms with Crippen LogP contribution in [0.4, 0.5) is 0 Å². The summed E-state index contributed by atoms with van der Waals surface area (Å²) in [4.78, 5) is 0. The number of benzene rings is 1. The van der Waals surface area contributed by atoms with Gasteiger partial charge in [0.25, 0.3) is 10.2 Å². The van der Waals surface area contributed by atoms with Gasteiger partial charge in [-0.3, -0.25) is 0 Å². The van der Waals surface area contributed by atoms with E-state index in [1.165, 1.54) is 8.61 Å². The lowest BCUT2D eigenvalue weighted by atomic mass is 9.93. The third kappa shape index (κ3) is 4.20. The van der Waals surface area contributed by atoms with Gasteiger partial charge in [-0.25, -0.2) is 0 Å². The van der Waals surface area contributed by atoms with Gasteiger partial charge >= 0.3 is 0 Å². The molecule has 1 N–H and O–H groups in total. The van der Waals surface area contributed by atoms with E-state index in [2.05, 4.69) is 0 Å². The van der Waals surface area contributed by atoms with E-state index >= 15 is 0 Å². The summed E-state index contributed by atoms with van der Waals surface area (Å²) in [7, 11) is -1.88. The van der Waals surface area contributed by atoms with Crippen LogP contribution in [0, 0.1) is 5.92 Å². The average molecular weight is 347 g/mol. The van der Waals surface area contributed by atoms with Gasteiger partial charge in [-0.05, 0) is 43.4 Å². The number of rotatable bonds is 5. The highest BCUT2D eigenvalue weighted by Crippen LogP contribution is 2.24. The number of aliphatic hydroxyl groups excluding tert-OH is 1. The maximum absolute atomic E-state index is 12.6. The van der Waals surface area contributed by atoms with Crippen LogP contribution >= 0.6 is 11.6 Å². The minimum Gasteiger partial charge on any atom is -0.393 e. The smallest absolute Gasteiger partial charge is 0.282 e. The van der Waals surface area contributed by atoms with Crippen molar-refractivity contribution in [3.05, 3.63) is 34.9 Å². The normalized spacial score (nSPS) is 19.5. The van der Waals surface area contributed by atoms with Crippen LogP contribution in [0.5, 0.6) is 0 Å². The van der Waals surface area contributed by atoms with E-state index in [-0.39, 0.29) is 12.0 Å². The largest absolute Gasteiger partial charge is 0.393 e. The maximum atomic E-state index is 12.6. The van der Waals surface area contributed by atoms with Crippen LogP contribution in [0.15, 0.2) is 24.3 Å². The molecule has 0 radical (unpaired) electrons. The Kier molecular flexibility index (Phi) is 5.85. The number of hydrogen-bond acceptors (Lipinski definition) is 3. The van der Waals surface area contributed by atoms with Gasteiger partial charge in [0.05, 0.1) is 6.10 Å². The quantitative estimate of drug-likeness (QED) is 0.888. The van der Waals surface area contributed by atoms with Crippen molar-refractivity contribution in [3.8, 4) is 0 Å². The van der Waals surface area contributed by atoms with Crippen LogP contribution in [-0.4, -0.2) is 48.4 Å². The zero-order valence-electron chi connectivity index (χ0n) is 12.9. The minimum absolute atomic E-state index is 0.188. The fraction of sp³-hybridized carbons (Fsp3) is 0.600. The molecule has 0 bridgehead atoms. The van der Waals surface area contributed by atoms with Crippen LogP contribution in [0.1, 0.15) is 25.3 Å². The van der Waals surface area contributed by atoms with Gasteiger partial charge in [0.1, 0.15) is 0 Å². The van der Waals surface area contributed by atoms with Crippen LogP contribution in [0.25, 0.3) is 0 Å². The zero-order valence-corrected chi connectivity index (χ0v) is 14.5. The lowest BCUT2D eigenvalue weighted by Gasteiger charge is -2.34. The van der Waals surface area contributed by atoms with Crippen molar-refractivity contribution in [3.63, 3.8) is 0 Å². The second-order valence-electron chi connectivity index (χ2n) is 5.87. The van der Waals surface area contributed by atoms with Crippen molar-refractivity contribution in [1.82, 2.24) is 8.61 Å². The van der Waals surface area contributed by atoms with Gasteiger partial charge in [0, 0.05) is 31.7 Å². The van der Waals surface area contributed by atoms with E-state index in [0.29, 0.717) is 37.5 Å². The molecule has 1 heterocycles. The number of nitrogens with zero attached hydrogens (tertiary/aromatic N) is 2. The molecule has 0 aliphatic carbocycles. The second-order valence-corrected chi connectivity index (χ2v) is 8.34. The van der Waals surface area contributed by atoms with Gasteiger partial charge < -0.3 is 5.11 Å². The van der Waals surface area contributed by atoms with Gasteiger partial charge in [-0.1, -0.05) is 23.7 Å². The van der Waals surface area contributed by atoms with Crippen LogP contribution in [-0.2, 0) is 16.8 Å². The molecule has 5 nitrogen and oxygen atoms in total. The molecule has 7 heteroatoms. The molecule has 1 fully saturated rings. The Morgan fingerprint density at radius 3 is 2.36 bits per heavy atom. The fourth-order valence-corrected chi connectivity index (χ4v) is 4.22. The van der Waals surface area contributed by atoms with Crippen LogP contribution < -0.4 is 0 Å². The standard InChI is InChI=1S/C15H23ClN2O3S/c1-12(19)14-7-9-18(10-8-14)22(20,21)17(2)11-13-3-5-15(16)6-4-13/h3-6,12,14,19H,7-11H2,1-2H3. The first kappa shape index (κ1) is 17.7. The molecule has 1 unspecified atom stereocenters. The summed E-state index contributed by atoms with van der Waals surface area (Å²) >= 11 is 5.84. The fourth-order valence-electron chi connectivity index (χ4n) is 2.71. The van der Waals surface area contributed by atoms with Crippen LogP contribution in [0.2, 0.25) is 5.02 Å². The third-order valence-electron chi connectivity index (χ3n) is 4.22. The first-order valence-corrected chi connectivity index (χ1v) is 9.22. The highest BCUT2D eigenvalue weighted by molar-refractivity contribution is 7.86. The summed E-state index contributed by atoms with van der Waals surface area (Å²) < 4.78 is 28.1. The molecule has 0 aromatic heterocycles. The molecule has 0 amide bonds. The van der Waals surface area contributed by atoms with E-state index in [0.717, 1.165) is 5.56 Å². The molecule has 0 spiro atoms. The van der Waals surface area contributed by atoms with Crippen molar-refractivity contribution in [2.45, 2.75) is 32.4 Å². The molecule has 1 saturated heterocycles. The minimum atomic E-state index is -3.47. The van der Waals surface area contributed by atoms with Crippen molar-refractivity contribution < 1.29 is 13.5 Å². The average Bonchev–Trinajstić information content (AvgIpc) is 2.49. The van der Waals surface area contributed by atoms with E-state index < -0.39 is 10.2 Å². The van der Waals surface area contributed by atoms with E-state index in [1.807, 2.05) is 12.1 Å². The van der Waals surface area contributed by atoms with Crippen molar-refractivity contribution in [2.75, 3.05) is 20.1 Å². The van der Waals surface area contributed by atoms with Gasteiger partial charge in [-0.2, -0.15) is 17.0 Å². The molecule has 1 atom stereocenters. The van der Waals surface area contributed by atoms with Crippen molar-refractivity contribution in [2.24, 2.45) is 5.92 Å². The van der Waals surface area contributed by atoms with Crippen molar-refractivity contribution in [1.29, 1.82) is 0 Å². The summed E-state index contributed by atoms with van der Waals surface area (Å²) in [5, 5.41) is 10.2. The van der Waals surface area contributed by atoms with Gasteiger partial charge in [0.15, 0.2) is 0 Å². The molecule has 0 saturated carbocycles. The van der Waals surface area contributed by atoms with Crippen molar-refractivity contribution >= 4 is 21.8 Å². The first-order chi connectivity index (χ1) is 10.3. The molecule has 1 aromatic rings. The maximum Gasteiger partial charge on any atom is 0.282 e. The first-order valence-electron chi connectivity index (χ1n) is 7.44. The molecule has 124 valence electrons. The molecule has 2 rings (SSSR count). The SMILES string of the molecule is CC(O)C1CCN(S(=O)(=O)N(C)Cc2ccc(Cl)cc2)CC1. The highest BCUT2D eigenvalue weighted by atomic mass is 35.5. The molecule has 1 aliphatic heterocycles. The highest BCUT2D eigenvalue weighted by Gasteiger charge is 2.32. The molecule has 1 aromatic carbocycles. The topological polar surface area (TPSA) is 60.9 Å². The molecule has 1 aliphatic rings.